The fourth-order valence-electron chi connectivity index (χ4n) is 3.74. The summed E-state index contributed by atoms with van der Waals surface area (Å²) in [4.78, 5) is 29.4. The zero-order chi connectivity index (χ0) is 18.6. The third-order valence-electron chi connectivity index (χ3n) is 5.29. The van der Waals surface area contributed by atoms with Crippen molar-refractivity contribution < 1.29 is 14.0 Å². The first kappa shape index (κ1) is 17.5. The van der Waals surface area contributed by atoms with E-state index in [4.69, 9.17) is 4.42 Å². The molecule has 1 atom stereocenters. The van der Waals surface area contributed by atoms with Crippen LogP contribution in [0.25, 0.3) is 11.5 Å². The predicted octanol–water partition coefficient (Wildman–Crippen LogP) is 1.25. The lowest BCUT2D eigenvalue weighted by molar-refractivity contribution is -0.139. The third kappa shape index (κ3) is 3.79. The number of carbonyl (C=O) groups is 2. The molecule has 2 saturated heterocycles. The van der Waals surface area contributed by atoms with Gasteiger partial charge < -0.3 is 19.1 Å². The minimum atomic E-state index is -0.0342. The standard InChI is InChI=1S/C19H23N5O3/c25-14-22-8-10-23(11-9-22)19(26)15-3-1-7-24(13-15)18-6-5-16(20-21-18)17-4-2-12-27-17/h2,4-6,12,14-15H,1,3,7-11,13H2. The molecule has 2 aromatic heterocycles. The van der Waals surface area contributed by atoms with Crippen LogP contribution in [-0.4, -0.2) is 71.6 Å². The number of rotatable bonds is 4. The topological polar surface area (TPSA) is 82.8 Å². The van der Waals surface area contributed by atoms with Crippen LogP contribution >= 0.6 is 0 Å². The van der Waals surface area contributed by atoms with E-state index in [9.17, 15) is 9.59 Å². The van der Waals surface area contributed by atoms with Gasteiger partial charge in [-0.15, -0.1) is 10.2 Å². The summed E-state index contributed by atoms with van der Waals surface area (Å²) in [6, 6.07) is 7.50. The number of hydrogen-bond acceptors (Lipinski definition) is 6. The highest BCUT2D eigenvalue weighted by Gasteiger charge is 2.31. The number of hydrogen-bond donors (Lipinski definition) is 0. The minimum Gasteiger partial charge on any atom is -0.463 e. The second-order valence-electron chi connectivity index (χ2n) is 7.01. The first-order valence-corrected chi connectivity index (χ1v) is 9.35. The van der Waals surface area contributed by atoms with E-state index in [2.05, 4.69) is 15.1 Å². The van der Waals surface area contributed by atoms with Gasteiger partial charge in [0, 0.05) is 39.3 Å². The average Bonchev–Trinajstić information content (AvgIpc) is 3.28. The zero-order valence-electron chi connectivity index (χ0n) is 15.2. The van der Waals surface area contributed by atoms with Crippen molar-refractivity contribution >= 4 is 18.1 Å². The van der Waals surface area contributed by atoms with Crippen molar-refractivity contribution in [1.29, 1.82) is 0 Å². The number of piperidine rings is 1. The molecule has 0 aliphatic carbocycles. The Morgan fingerprint density at radius 2 is 1.96 bits per heavy atom. The van der Waals surface area contributed by atoms with Gasteiger partial charge in [-0.25, -0.2) is 0 Å². The molecule has 0 N–H and O–H groups in total. The normalized spacial score (nSPS) is 20.6. The van der Waals surface area contributed by atoms with E-state index in [1.807, 2.05) is 29.2 Å². The van der Waals surface area contributed by atoms with Crippen LogP contribution < -0.4 is 4.90 Å². The van der Waals surface area contributed by atoms with Crippen LogP contribution in [-0.2, 0) is 9.59 Å². The van der Waals surface area contributed by atoms with Crippen LogP contribution in [0.3, 0.4) is 0 Å². The highest BCUT2D eigenvalue weighted by molar-refractivity contribution is 5.80. The molecule has 1 unspecified atom stereocenters. The van der Waals surface area contributed by atoms with Crippen LogP contribution in [0.2, 0.25) is 0 Å². The average molecular weight is 369 g/mol. The van der Waals surface area contributed by atoms with Crippen LogP contribution in [0.15, 0.2) is 34.9 Å². The van der Waals surface area contributed by atoms with Crippen molar-refractivity contribution in [3.63, 3.8) is 0 Å². The first-order valence-electron chi connectivity index (χ1n) is 9.35. The minimum absolute atomic E-state index is 0.0342. The van der Waals surface area contributed by atoms with Gasteiger partial charge in [0.2, 0.25) is 12.3 Å². The lowest BCUT2D eigenvalue weighted by atomic mass is 9.96. The highest BCUT2D eigenvalue weighted by atomic mass is 16.3. The van der Waals surface area contributed by atoms with Crippen molar-refractivity contribution in [2.24, 2.45) is 5.92 Å². The van der Waals surface area contributed by atoms with Gasteiger partial charge in [0.1, 0.15) is 5.69 Å². The molecule has 0 radical (unpaired) electrons. The molecule has 8 nitrogen and oxygen atoms in total. The molecule has 4 rings (SSSR count). The molecule has 0 saturated carbocycles. The summed E-state index contributed by atoms with van der Waals surface area (Å²) in [7, 11) is 0. The molecule has 4 heterocycles. The van der Waals surface area contributed by atoms with Gasteiger partial charge in [-0.2, -0.15) is 0 Å². The van der Waals surface area contributed by atoms with Crippen LogP contribution in [0, 0.1) is 5.92 Å². The molecule has 2 aliphatic heterocycles. The summed E-state index contributed by atoms with van der Waals surface area (Å²) >= 11 is 0. The van der Waals surface area contributed by atoms with E-state index >= 15 is 0 Å². The Labute approximate surface area is 157 Å². The number of piperazine rings is 1. The van der Waals surface area contributed by atoms with Crippen LogP contribution in [0.4, 0.5) is 5.82 Å². The summed E-state index contributed by atoms with van der Waals surface area (Å²) in [5.41, 5.74) is 0.696. The smallest absolute Gasteiger partial charge is 0.227 e. The second kappa shape index (κ2) is 7.77. The van der Waals surface area contributed by atoms with Gasteiger partial charge in [0.25, 0.3) is 0 Å². The van der Waals surface area contributed by atoms with Crippen molar-refractivity contribution in [2.75, 3.05) is 44.2 Å². The summed E-state index contributed by atoms with van der Waals surface area (Å²) in [6.45, 7) is 3.99. The molecule has 2 fully saturated rings. The maximum Gasteiger partial charge on any atom is 0.227 e. The van der Waals surface area contributed by atoms with E-state index in [-0.39, 0.29) is 11.8 Å². The Kier molecular flexibility index (Phi) is 5.04. The van der Waals surface area contributed by atoms with Gasteiger partial charge in [-0.3, -0.25) is 9.59 Å². The zero-order valence-corrected chi connectivity index (χ0v) is 15.2. The van der Waals surface area contributed by atoms with Gasteiger partial charge in [-0.05, 0) is 37.1 Å². The summed E-state index contributed by atoms with van der Waals surface area (Å²) in [5.74, 6) is 1.63. The molecule has 2 aromatic rings. The Morgan fingerprint density at radius 1 is 1.11 bits per heavy atom. The third-order valence-corrected chi connectivity index (χ3v) is 5.29. The molecule has 0 spiro atoms. The number of amides is 2. The van der Waals surface area contributed by atoms with E-state index < -0.39 is 0 Å². The molecule has 8 heteroatoms. The van der Waals surface area contributed by atoms with Crippen molar-refractivity contribution in [1.82, 2.24) is 20.0 Å². The fraction of sp³-hybridized carbons (Fsp3) is 0.474. The number of nitrogens with zero attached hydrogens (tertiary/aromatic N) is 5. The van der Waals surface area contributed by atoms with Gasteiger partial charge >= 0.3 is 0 Å². The summed E-state index contributed by atoms with van der Waals surface area (Å²) in [5, 5.41) is 8.59. The quantitative estimate of drug-likeness (QED) is 0.755. The Balaban J connectivity index is 1.39. The molecule has 2 aliphatic rings. The summed E-state index contributed by atoms with van der Waals surface area (Å²) in [6.07, 6.45) is 4.31. The van der Waals surface area contributed by atoms with Crippen LogP contribution in [0.5, 0.6) is 0 Å². The van der Waals surface area contributed by atoms with Gasteiger partial charge in [-0.1, -0.05) is 0 Å². The molecular weight excluding hydrogens is 346 g/mol. The lowest BCUT2D eigenvalue weighted by Gasteiger charge is -2.38. The van der Waals surface area contributed by atoms with E-state index in [0.29, 0.717) is 44.2 Å². The Bertz CT molecular complexity index is 769. The van der Waals surface area contributed by atoms with E-state index in [1.165, 1.54) is 0 Å². The van der Waals surface area contributed by atoms with Crippen molar-refractivity contribution in [3.8, 4) is 11.5 Å². The predicted molar refractivity (Wildman–Crippen MR) is 98.9 cm³/mol. The molecule has 0 aromatic carbocycles. The molecule has 0 bridgehead atoms. The number of carbonyl (C=O) groups excluding carboxylic acids is 2. The van der Waals surface area contributed by atoms with Crippen LogP contribution in [0.1, 0.15) is 12.8 Å². The number of furan rings is 1. The lowest BCUT2D eigenvalue weighted by Crippen LogP contribution is -2.52. The molecule has 2 amide bonds. The Morgan fingerprint density at radius 3 is 2.63 bits per heavy atom. The SMILES string of the molecule is O=CN1CCN(C(=O)C2CCCN(c3ccc(-c4ccco4)nn3)C2)CC1. The molecule has 27 heavy (non-hydrogen) atoms. The van der Waals surface area contributed by atoms with Gasteiger partial charge in [0.15, 0.2) is 11.6 Å². The fourth-order valence-corrected chi connectivity index (χ4v) is 3.74. The summed E-state index contributed by atoms with van der Waals surface area (Å²) < 4.78 is 5.34. The van der Waals surface area contributed by atoms with E-state index in [0.717, 1.165) is 31.6 Å². The molecule has 142 valence electrons. The van der Waals surface area contributed by atoms with Crippen molar-refractivity contribution in [2.45, 2.75) is 12.8 Å². The maximum atomic E-state index is 12.9. The molecular formula is C19H23N5O3. The van der Waals surface area contributed by atoms with Gasteiger partial charge in [0.05, 0.1) is 12.2 Å². The monoisotopic (exact) mass is 369 g/mol. The number of aromatic nitrogens is 2. The first-order chi connectivity index (χ1) is 13.2. The second-order valence-corrected chi connectivity index (χ2v) is 7.01. The number of anilines is 1. The highest BCUT2D eigenvalue weighted by Crippen LogP contribution is 2.25. The Hall–Kier alpha value is -2.90. The van der Waals surface area contributed by atoms with E-state index in [1.54, 1.807) is 11.2 Å². The van der Waals surface area contributed by atoms with Crippen molar-refractivity contribution in [3.05, 3.63) is 30.5 Å². The largest absolute Gasteiger partial charge is 0.463 e. The maximum absolute atomic E-state index is 12.9.